The van der Waals surface area contributed by atoms with Crippen molar-refractivity contribution in [3.8, 4) is 23.8 Å². The van der Waals surface area contributed by atoms with E-state index in [-0.39, 0.29) is 5.91 Å². The quantitative estimate of drug-likeness (QED) is 0.490. The number of hydrogen-bond acceptors (Lipinski definition) is 4. The largest absolute Gasteiger partial charge is 0.493 e. The van der Waals surface area contributed by atoms with Gasteiger partial charge in [-0.2, -0.15) is 4.99 Å². The number of aryl methyl sites for hydroxylation is 1. The Morgan fingerprint density at radius 3 is 2.71 bits per heavy atom. The van der Waals surface area contributed by atoms with E-state index in [1.54, 1.807) is 32.4 Å². The molecule has 0 saturated carbocycles. The lowest BCUT2D eigenvalue weighted by Gasteiger charge is -2.07. The molecule has 0 saturated heterocycles. The molecule has 1 aromatic heterocycles. The first-order valence-corrected chi connectivity index (χ1v) is 9.39. The molecule has 0 radical (unpaired) electrons. The second-order valence-corrected chi connectivity index (χ2v) is 7.05. The summed E-state index contributed by atoms with van der Waals surface area (Å²) >= 11 is 1.45. The average Bonchev–Trinajstić information content (AvgIpc) is 3.02. The minimum atomic E-state index is -0.358. The SMILES string of the molecule is C#CCn1c(=NC(=O)/C=C\c2ccc(OC)c(OC)c2)sc2cc(C)ccc21. The average molecular weight is 392 g/mol. The van der Waals surface area contributed by atoms with Gasteiger partial charge in [-0.1, -0.05) is 29.4 Å². The highest BCUT2D eigenvalue weighted by molar-refractivity contribution is 7.16. The Bertz CT molecular complexity index is 1160. The molecule has 28 heavy (non-hydrogen) atoms. The normalized spacial score (nSPS) is 11.7. The minimum Gasteiger partial charge on any atom is -0.493 e. The van der Waals surface area contributed by atoms with Gasteiger partial charge in [-0.05, 0) is 48.4 Å². The van der Waals surface area contributed by atoms with Crippen LogP contribution in [-0.2, 0) is 11.3 Å². The number of fused-ring (bicyclic) bond motifs is 1. The first-order chi connectivity index (χ1) is 13.5. The lowest BCUT2D eigenvalue weighted by atomic mass is 10.2. The van der Waals surface area contributed by atoms with Crippen LogP contribution >= 0.6 is 11.3 Å². The summed E-state index contributed by atoms with van der Waals surface area (Å²) in [5.74, 6) is 3.50. The molecular weight excluding hydrogens is 372 g/mol. The molecule has 3 rings (SSSR count). The number of rotatable bonds is 5. The van der Waals surface area contributed by atoms with Crippen LogP contribution < -0.4 is 14.3 Å². The molecule has 1 amide bonds. The minimum absolute atomic E-state index is 0.356. The third kappa shape index (κ3) is 4.16. The molecule has 0 atom stereocenters. The summed E-state index contributed by atoms with van der Waals surface area (Å²) in [6, 6.07) is 11.5. The fourth-order valence-corrected chi connectivity index (χ4v) is 3.90. The summed E-state index contributed by atoms with van der Waals surface area (Å²) in [5.41, 5.74) is 2.93. The molecule has 0 aliphatic heterocycles. The molecular formula is C22H20N2O3S. The zero-order valence-electron chi connectivity index (χ0n) is 15.9. The van der Waals surface area contributed by atoms with Crippen molar-refractivity contribution in [2.75, 3.05) is 14.2 Å². The van der Waals surface area contributed by atoms with E-state index in [2.05, 4.69) is 17.0 Å². The predicted molar refractivity (Wildman–Crippen MR) is 113 cm³/mol. The number of terminal acetylenes is 1. The second-order valence-electron chi connectivity index (χ2n) is 6.04. The summed E-state index contributed by atoms with van der Waals surface area (Å²) in [6.45, 7) is 2.38. The van der Waals surface area contributed by atoms with E-state index in [1.165, 1.54) is 17.4 Å². The van der Waals surface area contributed by atoms with Crippen molar-refractivity contribution in [2.45, 2.75) is 13.5 Å². The Morgan fingerprint density at radius 1 is 1.21 bits per heavy atom. The molecule has 1 heterocycles. The van der Waals surface area contributed by atoms with E-state index in [0.29, 0.717) is 22.8 Å². The first kappa shape index (κ1) is 19.5. The molecule has 2 aromatic carbocycles. The zero-order chi connectivity index (χ0) is 20.1. The first-order valence-electron chi connectivity index (χ1n) is 8.58. The van der Waals surface area contributed by atoms with Gasteiger partial charge in [0.1, 0.15) is 0 Å². The molecule has 0 aliphatic rings. The van der Waals surface area contributed by atoms with Crippen LogP contribution in [-0.4, -0.2) is 24.7 Å². The maximum atomic E-state index is 12.4. The summed E-state index contributed by atoms with van der Waals surface area (Å²) in [7, 11) is 3.15. The van der Waals surface area contributed by atoms with E-state index >= 15 is 0 Å². The smallest absolute Gasteiger partial charge is 0.272 e. The van der Waals surface area contributed by atoms with Gasteiger partial charge in [0.2, 0.25) is 0 Å². The highest BCUT2D eigenvalue weighted by Crippen LogP contribution is 2.28. The van der Waals surface area contributed by atoms with Gasteiger partial charge >= 0.3 is 0 Å². The highest BCUT2D eigenvalue weighted by atomic mass is 32.1. The fourth-order valence-electron chi connectivity index (χ4n) is 2.77. The lowest BCUT2D eigenvalue weighted by Crippen LogP contribution is -2.15. The number of amides is 1. The van der Waals surface area contributed by atoms with Crippen LogP contribution in [0, 0.1) is 19.3 Å². The second kappa shape index (κ2) is 8.59. The van der Waals surface area contributed by atoms with Crippen LogP contribution in [0.3, 0.4) is 0 Å². The van der Waals surface area contributed by atoms with Crippen LogP contribution in [0.2, 0.25) is 0 Å². The van der Waals surface area contributed by atoms with Crippen molar-refractivity contribution < 1.29 is 14.3 Å². The van der Waals surface area contributed by atoms with Crippen molar-refractivity contribution >= 4 is 33.5 Å². The zero-order valence-corrected chi connectivity index (χ0v) is 16.7. The van der Waals surface area contributed by atoms with Crippen LogP contribution in [0.1, 0.15) is 11.1 Å². The summed E-state index contributed by atoms with van der Waals surface area (Å²) < 4.78 is 13.4. The van der Waals surface area contributed by atoms with E-state index in [1.807, 2.05) is 29.7 Å². The van der Waals surface area contributed by atoms with E-state index in [9.17, 15) is 4.79 Å². The van der Waals surface area contributed by atoms with Gasteiger partial charge in [0.05, 0.1) is 31.0 Å². The predicted octanol–water partition coefficient (Wildman–Crippen LogP) is 3.80. The Balaban J connectivity index is 1.93. The maximum absolute atomic E-state index is 12.4. The monoisotopic (exact) mass is 392 g/mol. The number of carbonyl (C=O) groups is 1. The number of aromatic nitrogens is 1. The summed E-state index contributed by atoms with van der Waals surface area (Å²) in [6.07, 6.45) is 8.62. The Hall–Kier alpha value is -3.30. The number of benzene rings is 2. The van der Waals surface area contributed by atoms with Crippen LogP contribution in [0.25, 0.3) is 16.3 Å². The number of methoxy groups -OCH3 is 2. The van der Waals surface area contributed by atoms with Gasteiger partial charge in [0.25, 0.3) is 5.91 Å². The fraction of sp³-hybridized carbons (Fsp3) is 0.182. The molecule has 0 N–H and O–H groups in total. The molecule has 0 fully saturated rings. The lowest BCUT2D eigenvalue weighted by molar-refractivity contribution is -0.113. The van der Waals surface area contributed by atoms with Gasteiger partial charge in [-0.15, -0.1) is 6.42 Å². The molecule has 5 nitrogen and oxygen atoms in total. The Morgan fingerprint density at radius 2 is 2.00 bits per heavy atom. The molecule has 0 aliphatic carbocycles. The van der Waals surface area contributed by atoms with Crippen molar-refractivity contribution in [3.05, 3.63) is 58.4 Å². The Labute approximate surface area is 167 Å². The van der Waals surface area contributed by atoms with Crippen LogP contribution in [0.15, 0.2) is 47.5 Å². The summed E-state index contributed by atoms with van der Waals surface area (Å²) in [5, 5.41) is 0. The van der Waals surface area contributed by atoms with Gasteiger partial charge in [0, 0.05) is 6.08 Å². The van der Waals surface area contributed by atoms with E-state index in [4.69, 9.17) is 15.9 Å². The number of thiazole rings is 1. The molecule has 3 aromatic rings. The van der Waals surface area contributed by atoms with Crippen molar-refractivity contribution in [1.29, 1.82) is 0 Å². The number of ether oxygens (including phenoxy) is 2. The van der Waals surface area contributed by atoms with Crippen molar-refractivity contribution in [1.82, 2.24) is 4.57 Å². The third-order valence-electron chi connectivity index (χ3n) is 4.12. The number of hydrogen-bond donors (Lipinski definition) is 0. The molecule has 6 heteroatoms. The highest BCUT2D eigenvalue weighted by Gasteiger charge is 2.07. The van der Waals surface area contributed by atoms with Gasteiger partial charge in [-0.3, -0.25) is 4.79 Å². The Kier molecular flexibility index (Phi) is 5.97. The van der Waals surface area contributed by atoms with Gasteiger partial charge in [-0.25, -0.2) is 0 Å². The summed E-state index contributed by atoms with van der Waals surface area (Å²) in [4.78, 5) is 17.2. The van der Waals surface area contributed by atoms with E-state index < -0.39 is 0 Å². The van der Waals surface area contributed by atoms with Crippen LogP contribution in [0.4, 0.5) is 0 Å². The van der Waals surface area contributed by atoms with Gasteiger partial charge < -0.3 is 14.0 Å². The van der Waals surface area contributed by atoms with Crippen LogP contribution in [0.5, 0.6) is 11.5 Å². The molecule has 0 spiro atoms. The maximum Gasteiger partial charge on any atom is 0.272 e. The topological polar surface area (TPSA) is 52.8 Å². The standard InChI is InChI=1S/C22H20N2O3S/c1-5-12-24-17-9-6-15(2)13-20(17)28-22(24)23-21(25)11-8-16-7-10-18(26-3)19(14-16)27-4/h1,6-11,13-14H,12H2,2-4H3/b11-8-,23-22?. The van der Waals surface area contributed by atoms with Crippen molar-refractivity contribution in [2.24, 2.45) is 4.99 Å². The molecule has 0 unspecified atom stereocenters. The molecule has 0 bridgehead atoms. The number of nitrogens with zero attached hydrogens (tertiary/aromatic N) is 2. The van der Waals surface area contributed by atoms with Crippen molar-refractivity contribution in [3.63, 3.8) is 0 Å². The van der Waals surface area contributed by atoms with Gasteiger partial charge in [0.15, 0.2) is 16.3 Å². The third-order valence-corrected chi connectivity index (χ3v) is 5.16. The number of carbonyl (C=O) groups excluding carboxylic acids is 1. The molecule has 142 valence electrons. The van der Waals surface area contributed by atoms with E-state index in [0.717, 1.165) is 21.3 Å².